The second-order valence-electron chi connectivity index (χ2n) is 4.36. The van der Waals surface area contributed by atoms with Crippen molar-refractivity contribution in [3.63, 3.8) is 0 Å². The maximum Gasteiger partial charge on any atom is 0.228 e. The Bertz CT molecular complexity index is 539. The molecule has 0 radical (unpaired) electrons. The minimum atomic E-state index is -3.78. The molecule has 0 bridgehead atoms. The molecule has 6 nitrogen and oxygen atoms in total. The van der Waals surface area contributed by atoms with Gasteiger partial charge in [0.1, 0.15) is 4.75 Å². The van der Waals surface area contributed by atoms with E-state index in [4.69, 9.17) is 5.26 Å². The Morgan fingerprint density at radius 2 is 1.78 bits per heavy atom. The molecule has 0 aromatic rings. The molecule has 0 aromatic carbocycles. The Morgan fingerprint density at radius 3 is 2.11 bits per heavy atom. The van der Waals surface area contributed by atoms with E-state index >= 15 is 0 Å². The summed E-state index contributed by atoms with van der Waals surface area (Å²) in [5.74, 6) is 0. The molecule has 0 aromatic heterocycles. The van der Waals surface area contributed by atoms with E-state index in [1.807, 2.05) is 6.26 Å². The second kappa shape index (κ2) is 5.36. The largest absolute Gasteiger partial charge is 0.228 e. The smallest absolute Gasteiger partial charge is 0.228 e. The predicted molar refractivity (Wildman–Crippen MR) is 71.3 cm³/mol. The predicted octanol–water partition coefficient (Wildman–Crippen LogP) is 0.0395. The van der Waals surface area contributed by atoms with Crippen LogP contribution in [0.2, 0.25) is 0 Å². The maximum absolute atomic E-state index is 11.8. The molecule has 9 heteroatoms. The summed E-state index contributed by atoms with van der Waals surface area (Å²) in [7, 11) is -7.35. The van der Waals surface area contributed by atoms with Crippen LogP contribution in [0, 0.1) is 11.3 Å². The Balaban J connectivity index is 2.78. The summed E-state index contributed by atoms with van der Waals surface area (Å²) >= 11 is 1.42. The molecule has 0 spiro atoms. The number of sulfonamides is 1. The third-order valence-corrected chi connectivity index (χ3v) is 8.22. The van der Waals surface area contributed by atoms with E-state index in [1.165, 1.54) is 16.1 Å². The molecule has 0 amide bonds. The lowest BCUT2D eigenvalue weighted by atomic mass is 9.99. The van der Waals surface area contributed by atoms with E-state index in [0.717, 1.165) is 6.26 Å². The molecule has 18 heavy (non-hydrogen) atoms. The number of nitriles is 1. The summed E-state index contributed by atoms with van der Waals surface area (Å²) in [5.41, 5.74) is 0. The van der Waals surface area contributed by atoms with Gasteiger partial charge in [-0.15, -0.1) is 11.8 Å². The van der Waals surface area contributed by atoms with E-state index in [9.17, 15) is 16.8 Å². The average Bonchev–Trinajstić information content (AvgIpc) is 2.26. The van der Waals surface area contributed by atoms with Crippen molar-refractivity contribution in [1.29, 1.82) is 5.26 Å². The van der Waals surface area contributed by atoms with Gasteiger partial charge >= 0.3 is 0 Å². The molecular formula is C9H16N2O4S3. The normalized spacial score (nSPS) is 21.4. The third-order valence-electron chi connectivity index (χ3n) is 2.88. The highest BCUT2D eigenvalue weighted by Gasteiger charge is 2.38. The summed E-state index contributed by atoms with van der Waals surface area (Å²) in [5, 5.41) is 8.22. The Labute approximate surface area is 112 Å². The van der Waals surface area contributed by atoms with E-state index in [0.29, 0.717) is 12.8 Å². The molecule has 1 rings (SSSR count). The SMILES string of the molecule is CSC1(C#N)CCN(S(=O)(=O)CS(C)(=O)=O)CC1. The van der Waals surface area contributed by atoms with Crippen LogP contribution in [-0.2, 0) is 19.9 Å². The van der Waals surface area contributed by atoms with E-state index in [1.54, 1.807) is 0 Å². The topological polar surface area (TPSA) is 95.3 Å². The van der Waals surface area contributed by atoms with Gasteiger partial charge in [0.05, 0.1) is 6.07 Å². The molecule has 0 N–H and O–H groups in total. The van der Waals surface area contributed by atoms with Gasteiger partial charge in [-0.05, 0) is 19.1 Å². The van der Waals surface area contributed by atoms with Crippen LogP contribution in [0.5, 0.6) is 0 Å². The number of thioether (sulfide) groups is 1. The quantitative estimate of drug-likeness (QED) is 0.727. The number of sulfone groups is 1. The molecule has 104 valence electrons. The van der Waals surface area contributed by atoms with Crippen LogP contribution in [0.25, 0.3) is 0 Å². The molecule has 1 heterocycles. The van der Waals surface area contributed by atoms with Gasteiger partial charge in [-0.1, -0.05) is 0 Å². The maximum atomic E-state index is 11.8. The summed E-state index contributed by atoms with van der Waals surface area (Å²) in [6.07, 6.45) is 3.57. The van der Waals surface area contributed by atoms with Gasteiger partial charge in [-0.2, -0.15) is 5.26 Å². The number of hydrogen-bond donors (Lipinski definition) is 0. The van der Waals surface area contributed by atoms with Crippen molar-refractivity contribution >= 4 is 31.6 Å². The highest BCUT2D eigenvalue weighted by atomic mass is 32.3. The van der Waals surface area contributed by atoms with Crippen LogP contribution in [0.3, 0.4) is 0 Å². The fraction of sp³-hybridized carbons (Fsp3) is 0.889. The summed E-state index contributed by atoms with van der Waals surface area (Å²) in [6, 6.07) is 2.21. The van der Waals surface area contributed by atoms with Gasteiger partial charge in [0, 0.05) is 19.3 Å². The Morgan fingerprint density at radius 1 is 1.28 bits per heavy atom. The zero-order chi connectivity index (χ0) is 14.0. The molecule has 0 atom stereocenters. The first-order chi connectivity index (χ1) is 8.14. The van der Waals surface area contributed by atoms with Crippen molar-refractivity contribution in [2.75, 3.05) is 30.7 Å². The van der Waals surface area contributed by atoms with Crippen molar-refractivity contribution in [2.24, 2.45) is 0 Å². The zero-order valence-electron chi connectivity index (χ0n) is 10.3. The first-order valence-corrected chi connectivity index (χ1v) is 10.2. The summed E-state index contributed by atoms with van der Waals surface area (Å²) in [6.45, 7) is 0.401. The van der Waals surface area contributed by atoms with Gasteiger partial charge < -0.3 is 0 Å². The minimum absolute atomic E-state index is 0.201. The fourth-order valence-corrected chi connectivity index (χ4v) is 6.01. The van der Waals surface area contributed by atoms with Crippen molar-refractivity contribution in [3.05, 3.63) is 0 Å². The van der Waals surface area contributed by atoms with Crippen molar-refractivity contribution in [2.45, 2.75) is 17.6 Å². The second-order valence-corrected chi connectivity index (χ2v) is 10.0. The third kappa shape index (κ3) is 3.85. The highest BCUT2D eigenvalue weighted by Crippen LogP contribution is 2.34. The first-order valence-electron chi connectivity index (χ1n) is 5.26. The molecule has 1 saturated heterocycles. The van der Waals surface area contributed by atoms with Crippen LogP contribution in [0.4, 0.5) is 0 Å². The monoisotopic (exact) mass is 312 g/mol. The van der Waals surface area contributed by atoms with Crippen molar-refractivity contribution in [1.82, 2.24) is 4.31 Å². The van der Waals surface area contributed by atoms with Gasteiger partial charge in [0.2, 0.25) is 10.0 Å². The van der Waals surface area contributed by atoms with Crippen molar-refractivity contribution in [3.8, 4) is 6.07 Å². The molecule has 1 fully saturated rings. The number of nitrogens with zero attached hydrogens (tertiary/aromatic N) is 2. The van der Waals surface area contributed by atoms with Gasteiger partial charge in [0.15, 0.2) is 14.9 Å². The summed E-state index contributed by atoms with van der Waals surface area (Å²) in [4.78, 5) is 0. The lowest BCUT2D eigenvalue weighted by molar-refractivity contribution is 0.329. The van der Waals surface area contributed by atoms with Crippen LogP contribution in [0.1, 0.15) is 12.8 Å². The van der Waals surface area contributed by atoms with Crippen molar-refractivity contribution < 1.29 is 16.8 Å². The Hall–Kier alpha value is -0.300. The van der Waals surface area contributed by atoms with Gasteiger partial charge in [-0.25, -0.2) is 21.1 Å². The number of piperidine rings is 1. The standard InChI is InChI=1S/C9H16N2O4S3/c1-16-9(7-10)3-5-11(6-4-9)18(14,15)8-17(2,12)13/h3-6,8H2,1-2H3. The molecule has 1 aliphatic heterocycles. The Kier molecular flexibility index (Phi) is 4.70. The lowest BCUT2D eigenvalue weighted by Gasteiger charge is -2.35. The molecular weight excluding hydrogens is 296 g/mol. The summed E-state index contributed by atoms with van der Waals surface area (Å²) < 4.78 is 46.4. The molecule has 0 aliphatic carbocycles. The van der Waals surface area contributed by atoms with Crippen LogP contribution >= 0.6 is 11.8 Å². The zero-order valence-corrected chi connectivity index (χ0v) is 12.7. The van der Waals surface area contributed by atoms with Crippen LogP contribution in [-0.4, -0.2) is 56.6 Å². The average molecular weight is 312 g/mol. The van der Waals surface area contributed by atoms with Crippen LogP contribution in [0.15, 0.2) is 0 Å². The fourth-order valence-electron chi connectivity index (χ4n) is 1.83. The van der Waals surface area contributed by atoms with Crippen LogP contribution < -0.4 is 0 Å². The molecule has 1 aliphatic rings. The van der Waals surface area contributed by atoms with E-state index in [2.05, 4.69) is 6.07 Å². The first kappa shape index (κ1) is 15.8. The minimum Gasteiger partial charge on any atom is -0.228 e. The number of hydrogen-bond acceptors (Lipinski definition) is 6. The number of rotatable bonds is 4. The van der Waals surface area contributed by atoms with Gasteiger partial charge in [-0.3, -0.25) is 0 Å². The van der Waals surface area contributed by atoms with Gasteiger partial charge in [0.25, 0.3) is 0 Å². The highest BCUT2D eigenvalue weighted by molar-refractivity contribution is 8.06. The molecule has 0 saturated carbocycles. The van der Waals surface area contributed by atoms with E-state index in [-0.39, 0.29) is 13.1 Å². The van der Waals surface area contributed by atoms with E-state index < -0.39 is 29.7 Å². The lowest BCUT2D eigenvalue weighted by Crippen LogP contribution is -2.45. The molecule has 0 unspecified atom stereocenters.